The Morgan fingerprint density at radius 2 is 1.89 bits per heavy atom. The van der Waals surface area contributed by atoms with Gasteiger partial charge in [-0.2, -0.15) is 0 Å². The molecule has 1 aliphatic rings. The number of carbonyl (C=O) groups is 2. The van der Waals surface area contributed by atoms with E-state index in [9.17, 15) is 9.59 Å². The van der Waals surface area contributed by atoms with Gasteiger partial charge in [-0.25, -0.2) is 4.79 Å². The molecule has 98 valence electrons. The molecule has 0 saturated carbocycles. The lowest BCUT2D eigenvalue weighted by Gasteiger charge is -2.23. The zero-order chi connectivity index (χ0) is 13.8. The van der Waals surface area contributed by atoms with Crippen molar-refractivity contribution in [1.29, 1.82) is 0 Å². The summed E-state index contributed by atoms with van der Waals surface area (Å²) < 4.78 is 5.02. The fourth-order valence-corrected chi connectivity index (χ4v) is 1.98. The molecule has 0 radical (unpaired) electrons. The maximum Gasteiger partial charge on any atom is 0.380 e. The van der Waals surface area contributed by atoms with Crippen LogP contribution in [-0.2, 0) is 16.0 Å². The van der Waals surface area contributed by atoms with Crippen LogP contribution in [0.4, 0.5) is 5.69 Å². The summed E-state index contributed by atoms with van der Waals surface area (Å²) in [5.74, 6) is -0.835. The first kappa shape index (κ1) is 13.1. The highest BCUT2D eigenvalue weighted by molar-refractivity contribution is 6.35. The van der Waals surface area contributed by atoms with E-state index >= 15 is 0 Å². The third-order valence-corrected chi connectivity index (χ3v) is 2.90. The number of rotatable bonds is 5. The van der Waals surface area contributed by atoms with Gasteiger partial charge >= 0.3 is 5.97 Å². The number of ether oxygens (including phenoxy) is 1. The van der Waals surface area contributed by atoms with Crippen LogP contribution in [0.25, 0.3) is 0 Å². The average Bonchev–Trinajstić information content (AvgIpc) is 2.39. The van der Waals surface area contributed by atoms with Gasteiger partial charge in [-0.05, 0) is 6.07 Å². The van der Waals surface area contributed by atoms with Gasteiger partial charge in [-0.15, -0.1) is 13.2 Å². The number of hydrogen-bond acceptors (Lipinski definition) is 4. The molecule has 2 rings (SSSR count). The molecule has 0 amide bonds. The minimum atomic E-state index is -0.788. The molecule has 0 aliphatic carbocycles. The third kappa shape index (κ3) is 2.73. The van der Waals surface area contributed by atoms with Crippen LogP contribution < -0.4 is 9.64 Å². The minimum Gasteiger partial charge on any atom is -0.420 e. The van der Waals surface area contributed by atoms with Crippen molar-refractivity contribution in [2.75, 3.05) is 18.0 Å². The van der Waals surface area contributed by atoms with Crippen molar-refractivity contribution < 1.29 is 14.3 Å². The molecule has 0 N–H and O–H groups in total. The van der Waals surface area contributed by atoms with E-state index in [1.165, 1.54) is 0 Å². The van der Waals surface area contributed by atoms with Crippen molar-refractivity contribution >= 4 is 17.4 Å². The fraction of sp³-hybridized carbons (Fsp3) is 0.200. The van der Waals surface area contributed by atoms with Crippen molar-refractivity contribution in [2.45, 2.75) is 6.42 Å². The van der Waals surface area contributed by atoms with Gasteiger partial charge in [0.15, 0.2) is 0 Å². The zero-order valence-electron chi connectivity index (χ0n) is 10.6. The maximum atomic E-state index is 11.3. The average molecular weight is 257 g/mol. The van der Waals surface area contributed by atoms with Gasteiger partial charge in [-0.1, -0.05) is 18.2 Å². The molecule has 1 aromatic carbocycles. The van der Waals surface area contributed by atoms with E-state index in [2.05, 4.69) is 13.2 Å². The molecule has 0 aromatic heterocycles. The van der Waals surface area contributed by atoms with Crippen LogP contribution in [0.3, 0.4) is 0 Å². The van der Waals surface area contributed by atoms with Gasteiger partial charge in [0.05, 0.1) is 0 Å². The normalized spacial score (nSPS) is 13.5. The van der Waals surface area contributed by atoms with Crippen LogP contribution >= 0.6 is 0 Å². The van der Waals surface area contributed by atoms with Crippen LogP contribution in [-0.4, -0.2) is 24.8 Å². The lowest BCUT2D eigenvalue weighted by Crippen LogP contribution is -2.28. The molecule has 1 aliphatic heterocycles. The van der Waals surface area contributed by atoms with E-state index in [0.717, 1.165) is 11.3 Å². The number of benzene rings is 1. The quantitative estimate of drug-likeness (QED) is 0.350. The van der Waals surface area contributed by atoms with Crippen LogP contribution in [0, 0.1) is 0 Å². The predicted molar refractivity (Wildman–Crippen MR) is 73.4 cm³/mol. The van der Waals surface area contributed by atoms with E-state index in [1.54, 1.807) is 18.2 Å². The SMILES string of the molecule is C=CCN(CC=C)c1ccc2c(c1)OC(=O)C(=O)C2. The Hall–Kier alpha value is -2.36. The van der Waals surface area contributed by atoms with Gasteiger partial charge in [0.2, 0.25) is 5.78 Å². The van der Waals surface area contributed by atoms with Gasteiger partial charge in [0.25, 0.3) is 0 Å². The largest absolute Gasteiger partial charge is 0.420 e. The summed E-state index contributed by atoms with van der Waals surface area (Å²) in [5.41, 5.74) is 1.64. The molecule has 1 heterocycles. The van der Waals surface area contributed by atoms with Crippen LogP contribution in [0.1, 0.15) is 5.56 Å². The highest BCUT2D eigenvalue weighted by atomic mass is 16.5. The number of fused-ring (bicyclic) bond motifs is 1. The van der Waals surface area contributed by atoms with Crippen LogP contribution in [0.2, 0.25) is 0 Å². The molecule has 0 saturated heterocycles. The predicted octanol–water partition coefficient (Wildman–Crippen LogP) is 1.90. The van der Waals surface area contributed by atoms with Crippen molar-refractivity contribution in [2.24, 2.45) is 0 Å². The van der Waals surface area contributed by atoms with E-state index in [0.29, 0.717) is 18.8 Å². The summed E-state index contributed by atoms with van der Waals surface area (Å²) in [5, 5.41) is 0. The molecule has 4 nitrogen and oxygen atoms in total. The molecule has 0 bridgehead atoms. The number of hydrogen-bond donors (Lipinski definition) is 0. The molecular formula is C15H15NO3. The summed E-state index contributed by atoms with van der Waals surface area (Å²) in [6.07, 6.45) is 3.69. The minimum absolute atomic E-state index is 0.108. The zero-order valence-corrected chi connectivity index (χ0v) is 10.6. The number of nitrogens with zero attached hydrogens (tertiary/aromatic N) is 1. The molecule has 0 fully saturated rings. The lowest BCUT2D eigenvalue weighted by atomic mass is 10.0. The van der Waals surface area contributed by atoms with Crippen molar-refractivity contribution in [3.05, 3.63) is 49.1 Å². The first-order valence-electron chi connectivity index (χ1n) is 6.00. The summed E-state index contributed by atoms with van der Waals surface area (Å²) in [6.45, 7) is 8.75. The molecule has 0 spiro atoms. The number of esters is 1. The van der Waals surface area contributed by atoms with E-state index in [4.69, 9.17) is 4.74 Å². The van der Waals surface area contributed by atoms with Gasteiger partial charge < -0.3 is 9.64 Å². The summed E-state index contributed by atoms with van der Waals surface area (Å²) in [7, 11) is 0. The Labute approximate surface area is 112 Å². The summed E-state index contributed by atoms with van der Waals surface area (Å²) >= 11 is 0. The fourth-order valence-electron chi connectivity index (χ4n) is 1.98. The van der Waals surface area contributed by atoms with E-state index < -0.39 is 11.8 Å². The topological polar surface area (TPSA) is 46.6 Å². The number of carbonyl (C=O) groups excluding carboxylic acids is 2. The third-order valence-electron chi connectivity index (χ3n) is 2.90. The Balaban J connectivity index is 2.31. The van der Waals surface area contributed by atoms with Gasteiger partial charge in [-0.3, -0.25) is 4.79 Å². The first-order chi connectivity index (χ1) is 9.15. The molecule has 4 heteroatoms. The van der Waals surface area contributed by atoms with Crippen molar-refractivity contribution in [1.82, 2.24) is 0 Å². The second-order valence-corrected chi connectivity index (χ2v) is 4.26. The van der Waals surface area contributed by atoms with Gasteiger partial charge in [0, 0.05) is 36.8 Å². The van der Waals surface area contributed by atoms with E-state index in [1.807, 2.05) is 17.0 Å². The number of anilines is 1. The van der Waals surface area contributed by atoms with Crippen molar-refractivity contribution in [3.63, 3.8) is 0 Å². The highest BCUT2D eigenvalue weighted by Crippen LogP contribution is 2.29. The first-order valence-corrected chi connectivity index (χ1v) is 6.00. The van der Waals surface area contributed by atoms with Crippen molar-refractivity contribution in [3.8, 4) is 5.75 Å². The van der Waals surface area contributed by atoms with Crippen LogP contribution in [0.5, 0.6) is 5.75 Å². The number of Topliss-reactive ketones (excluding diaryl/α,β-unsaturated/α-hetero) is 1. The highest BCUT2D eigenvalue weighted by Gasteiger charge is 2.26. The Morgan fingerprint density at radius 3 is 2.53 bits per heavy atom. The molecule has 1 aromatic rings. The molecule has 0 atom stereocenters. The summed E-state index contributed by atoms with van der Waals surface area (Å²) in [6, 6.07) is 5.49. The lowest BCUT2D eigenvalue weighted by molar-refractivity contribution is -0.147. The smallest absolute Gasteiger partial charge is 0.380 e. The second-order valence-electron chi connectivity index (χ2n) is 4.26. The van der Waals surface area contributed by atoms with Gasteiger partial charge in [0.1, 0.15) is 5.75 Å². The Morgan fingerprint density at radius 1 is 1.21 bits per heavy atom. The number of ketones is 1. The Bertz CT molecular complexity index is 538. The second kappa shape index (κ2) is 5.52. The van der Waals surface area contributed by atoms with Crippen LogP contribution in [0.15, 0.2) is 43.5 Å². The monoisotopic (exact) mass is 257 g/mol. The summed E-state index contributed by atoms with van der Waals surface area (Å²) in [4.78, 5) is 24.6. The maximum absolute atomic E-state index is 11.3. The Kier molecular flexibility index (Phi) is 3.80. The standard InChI is InChI=1S/C15H15NO3/c1-3-7-16(8-4-2)12-6-5-11-9-13(17)15(18)19-14(11)10-12/h3-6,10H,1-2,7-9H2. The molecular weight excluding hydrogens is 242 g/mol. The van der Waals surface area contributed by atoms with E-state index in [-0.39, 0.29) is 6.42 Å². The molecule has 0 unspecified atom stereocenters. The molecule has 19 heavy (non-hydrogen) atoms.